The summed E-state index contributed by atoms with van der Waals surface area (Å²) in [6, 6.07) is 18.3. The largest absolute Gasteiger partial charge is 0.436 e. The average Bonchev–Trinajstić information content (AvgIpc) is 3.27. The Kier molecular flexibility index (Phi) is 4.14. The lowest BCUT2D eigenvalue weighted by Gasteiger charge is -2.57. The van der Waals surface area contributed by atoms with Gasteiger partial charge in [0, 0.05) is 28.5 Å². The molecule has 0 unspecified atom stereocenters. The molecule has 0 radical (unpaired) electrons. The van der Waals surface area contributed by atoms with E-state index in [1.165, 1.54) is 44.1 Å². The monoisotopic (exact) mass is 434 g/mol. The van der Waals surface area contributed by atoms with Crippen molar-refractivity contribution < 1.29 is 9.21 Å². The van der Waals surface area contributed by atoms with Crippen molar-refractivity contribution in [2.24, 2.45) is 17.8 Å². The third-order valence-corrected chi connectivity index (χ3v) is 8.34. The highest BCUT2D eigenvalue weighted by Crippen LogP contribution is 2.61. The molecule has 2 aromatic heterocycles. The van der Waals surface area contributed by atoms with Gasteiger partial charge in [-0.1, -0.05) is 18.2 Å². The van der Waals surface area contributed by atoms with Crippen molar-refractivity contribution >= 4 is 17.4 Å². The summed E-state index contributed by atoms with van der Waals surface area (Å²) in [5.74, 6) is 3.21. The fourth-order valence-corrected chi connectivity index (χ4v) is 7.37. The van der Waals surface area contributed by atoms with Crippen molar-refractivity contribution in [3.8, 4) is 22.7 Å². The van der Waals surface area contributed by atoms with Crippen molar-refractivity contribution in [2.75, 3.05) is 0 Å². The van der Waals surface area contributed by atoms with Gasteiger partial charge in [-0.15, -0.1) is 0 Å². The van der Waals surface area contributed by atoms with E-state index in [-0.39, 0.29) is 5.41 Å². The van der Waals surface area contributed by atoms with E-state index in [2.05, 4.69) is 29.2 Å². The molecule has 164 valence electrons. The van der Waals surface area contributed by atoms with Gasteiger partial charge in [-0.2, -0.15) is 0 Å². The van der Waals surface area contributed by atoms with E-state index in [1.807, 2.05) is 30.3 Å². The number of nitrogens with zero attached hydrogens (tertiary/aromatic N) is 2. The molecule has 0 N–H and O–H groups in total. The number of hydrogen-bond donors (Lipinski definition) is 0. The van der Waals surface area contributed by atoms with Crippen LogP contribution in [0.1, 0.15) is 54.4 Å². The molecular formula is C29H26N2O2. The van der Waals surface area contributed by atoms with Crippen LogP contribution in [0, 0.1) is 17.8 Å². The number of carbonyl (C=O) groups is 1. The zero-order valence-electron chi connectivity index (χ0n) is 18.5. The second-order valence-corrected chi connectivity index (χ2v) is 10.5. The molecule has 2 heterocycles. The minimum atomic E-state index is 0.180. The quantitative estimate of drug-likeness (QED) is 0.330. The molecule has 4 aromatic rings. The van der Waals surface area contributed by atoms with Crippen LogP contribution >= 0.6 is 0 Å². The average molecular weight is 435 g/mol. The van der Waals surface area contributed by atoms with E-state index in [0.29, 0.717) is 11.5 Å². The minimum absolute atomic E-state index is 0.180. The number of aldehydes is 1. The first kappa shape index (κ1) is 19.2. The SMILES string of the molecule is O=Cc1ccc(-c2cc(C34CC5CC(CC(C5)C3)C4)c3oc(-c4ccccc4)nc3c2)nc1. The van der Waals surface area contributed by atoms with E-state index >= 15 is 0 Å². The van der Waals surface area contributed by atoms with Crippen molar-refractivity contribution in [1.29, 1.82) is 0 Å². The first-order valence-corrected chi connectivity index (χ1v) is 12.1. The fourth-order valence-electron chi connectivity index (χ4n) is 7.37. The van der Waals surface area contributed by atoms with Crippen LogP contribution in [0.5, 0.6) is 0 Å². The molecule has 4 aliphatic carbocycles. The Balaban J connectivity index is 1.44. The van der Waals surface area contributed by atoms with Gasteiger partial charge in [0.15, 0.2) is 11.9 Å². The van der Waals surface area contributed by atoms with Crippen LogP contribution < -0.4 is 0 Å². The molecule has 4 saturated carbocycles. The second kappa shape index (κ2) is 7.11. The Morgan fingerprint density at radius 1 is 0.879 bits per heavy atom. The number of carbonyl (C=O) groups excluding carboxylic acids is 1. The standard InChI is InChI=1S/C29H26N2O2/c32-17-18-6-7-25(30-16-18)23-11-24(29-13-19-8-20(14-29)10-21(9-19)15-29)27-26(12-23)31-28(33-27)22-4-2-1-3-5-22/h1-7,11-12,16-17,19-21H,8-10,13-15H2. The lowest BCUT2D eigenvalue weighted by atomic mass is 9.48. The molecule has 4 bridgehead atoms. The lowest BCUT2D eigenvalue weighted by molar-refractivity contribution is -0.00485. The van der Waals surface area contributed by atoms with Crippen LogP contribution in [-0.4, -0.2) is 16.3 Å². The molecule has 8 rings (SSSR count). The summed E-state index contributed by atoms with van der Waals surface area (Å²) in [6.07, 6.45) is 10.5. The van der Waals surface area contributed by atoms with Crippen LogP contribution in [-0.2, 0) is 5.41 Å². The van der Waals surface area contributed by atoms with Crippen molar-refractivity contribution in [1.82, 2.24) is 9.97 Å². The maximum Gasteiger partial charge on any atom is 0.227 e. The Morgan fingerprint density at radius 3 is 2.24 bits per heavy atom. The van der Waals surface area contributed by atoms with Gasteiger partial charge in [-0.05, 0) is 98.1 Å². The Labute approximate surface area is 193 Å². The molecule has 0 aliphatic heterocycles. The maximum absolute atomic E-state index is 11.1. The molecule has 2 aromatic carbocycles. The summed E-state index contributed by atoms with van der Waals surface area (Å²) in [6.45, 7) is 0. The smallest absolute Gasteiger partial charge is 0.227 e. The number of aromatic nitrogens is 2. The predicted octanol–water partition coefficient (Wildman–Crippen LogP) is 6.84. The number of oxazole rings is 1. The number of fused-ring (bicyclic) bond motifs is 1. The zero-order valence-corrected chi connectivity index (χ0v) is 18.5. The normalized spacial score (nSPS) is 27.8. The van der Waals surface area contributed by atoms with Gasteiger partial charge in [0.1, 0.15) is 5.52 Å². The number of benzene rings is 2. The van der Waals surface area contributed by atoms with Gasteiger partial charge in [-0.3, -0.25) is 9.78 Å². The first-order valence-electron chi connectivity index (χ1n) is 12.1. The van der Waals surface area contributed by atoms with Crippen LogP contribution in [0.15, 0.2) is 65.2 Å². The summed E-state index contributed by atoms with van der Waals surface area (Å²) >= 11 is 0. The van der Waals surface area contributed by atoms with E-state index in [9.17, 15) is 4.79 Å². The molecule has 4 nitrogen and oxygen atoms in total. The third-order valence-electron chi connectivity index (χ3n) is 8.34. The van der Waals surface area contributed by atoms with Gasteiger partial charge in [0.05, 0.1) is 5.69 Å². The van der Waals surface area contributed by atoms with Gasteiger partial charge in [-0.25, -0.2) is 4.98 Å². The highest BCUT2D eigenvalue weighted by molar-refractivity contribution is 5.86. The van der Waals surface area contributed by atoms with Crippen LogP contribution in [0.4, 0.5) is 0 Å². The maximum atomic E-state index is 11.1. The Bertz CT molecular complexity index is 1320. The molecule has 0 saturated heterocycles. The van der Waals surface area contributed by atoms with Crippen molar-refractivity contribution in [3.05, 3.63) is 71.9 Å². The predicted molar refractivity (Wildman–Crippen MR) is 128 cm³/mol. The fraction of sp³-hybridized carbons (Fsp3) is 0.345. The van der Waals surface area contributed by atoms with E-state index < -0.39 is 0 Å². The van der Waals surface area contributed by atoms with Gasteiger partial charge in [0.2, 0.25) is 5.89 Å². The topological polar surface area (TPSA) is 56.0 Å². The van der Waals surface area contributed by atoms with E-state index in [4.69, 9.17) is 9.40 Å². The second-order valence-electron chi connectivity index (χ2n) is 10.5. The van der Waals surface area contributed by atoms with Gasteiger partial charge in [0.25, 0.3) is 0 Å². The summed E-state index contributed by atoms with van der Waals surface area (Å²) in [5.41, 5.74) is 6.87. The molecular weight excluding hydrogens is 408 g/mol. The van der Waals surface area contributed by atoms with E-state index in [0.717, 1.165) is 52.0 Å². The van der Waals surface area contributed by atoms with Gasteiger partial charge >= 0.3 is 0 Å². The summed E-state index contributed by atoms with van der Waals surface area (Å²) < 4.78 is 6.52. The molecule has 4 heteroatoms. The summed E-state index contributed by atoms with van der Waals surface area (Å²) in [4.78, 5) is 20.6. The lowest BCUT2D eigenvalue weighted by Crippen LogP contribution is -2.48. The van der Waals surface area contributed by atoms with E-state index in [1.54, 1.807) is 6.20 Å². The van der Waals surface area contributed by atoms with Crippen LogP contribution in [0.25, 0.3) is 33.8 Å². The highest BCUT2D eigenvalue weighted by Gasteiger charge is 2.52. The zero-order chi connectivity index (χ0) is 22.0. The third kappa shape index (κ3) is 3.07. The van der Waals surface area contributed by atoms with Gasteiger partial charge < -0.3 is 4.42 Å². The first-order chi connectivity index (χ1) is 16.2. The molecule has 0 atom stereocenters. The molecule has 0 amide bonds. The van der Waals surface area contributed by atoms with Crippen molar-refractivity contribution in [2.45, 2.75) is 43.9 Å². The molecule has 4 fully saturated rings. The summed E-state index contributed by atoms with van der Waals surface area (Å²) in [5, 5.41) is 0. The van der Waals surface area contributed by atoms with Crippen LogP contribution in [0.2, 0.25) is 0 Å². The Hall–Kier alpha value is -3.27. The van der Waals surface area contributed by atoms with Crippen LogP contribution in [0.3, 0.4) is 0 Å². The Morgan fingerprint density at radius 2 is 1.61 bits per heavy atom. The number of rotatable bonds is 4. The number of pyridine rings is 1. The molecule has 0 spiro atoms. The van der Waals surface area contributed by atoms with Crippen molar-refractivity contribution in [3.63, 3.8) is 0 Å². The minimum Gasteiger partial charge on any atom is -0.436 e. The number of hydrogen-bond acceptors (Lipinski definition) is 4. The molecule has 33 heavy (non-hydrogen) atoms. The highest BCUT2D eigenvalue weighted by atomic mass is 16.3. The molecule has 4 aliphatic rings. The summed E-state index contributed by atoms with van der Waals surface area (Å²) in [7, 11) is 0.